The first-order chi connectivity index (χ1) is 8.79. The van der Waals surface area contributed by atoms with Crippen molar-refractivity contribution in [2.75, 3.05) is 13.6 Å². The van der Waals surface area contributed by atoms with Gasteiger partial charge in [0, 0.05) is 32.4 Å². The number of fused-ring (bicyclic) bond motifs is 1. The van der Waals surface area contributed by atoms with Crippen LogP contribution in [0.4, 0.5) is 0 Å². The van der Waals surface area contributed by atoms with Crippen LogP contribution >= 0.6 is 0 Å². The molecule has 3 rings (SSSR count). The molecule has 0 radical (unpaired) electrons. The summed E-state index contributed by atoms with van der Waals surface area (Å²) < 4.78 is 2.02. The summed E-state index contributed by atoms with van der Waals surface area (Å²) in [5.41, 5.74) is 1.15. The van der Waals surface area contributed by atoms with Crippen LogP contribution in [0.1, 0.15) is 37.4 Å². The number of carbonyl (C=O) groups is 1. The van der Waals surface area contributed by atoms with Crippen LogP contribution in [0, 0.1) is 0 Å². The van der Waals surface area contributed by atoms with Crippen LogP contribution in [-0.2, 0) is 11.3 Å². The number of carbonyl (C=O) groups excluding carboxylic acids is 1. The molecule has 1 aliphatic carbocycles. The Hall–Kier alpha value is -1.36. The molecule has 98 valence electrons. The normalized spacial score (nSPS) is 25.1. The molecule has 0 spiro atoms. The van der Waals surface area contributed by atoms with Crippen molar-refractivity contribution in [2.24, 2.45) is 0 Å². The van der Waals surface area contributed by atoms with Gasteiger partial charge in [-0.2, -0.15) is 0 Å². The molecule has 2 heterocycles. The maximum atomic E-state index is 12.0. The van der Waals surface area contributed by atoms with Gasteiger partial charge in [-0.1, -0.05) is 12.8 Å². The maximum Gasteiger partial charge on any atom is 0.244 e. The number of rotatable bonds is 2. The van der Waals surface area contributed by atoms with Gasteiger partial charge >= 0.3 is 0 Å². The second kappa shape index (κ2) is 4.72. The Morgan fingerprint density at radius 1 is 1.44 bits per heavy atom. The summed E-state index contributed by atoms with van der Waals surface area (Å²) in [5.74, 6) is 0.0805. The van der Waals surface area contributed by atoms with Crippen LogP contribution in [0.2, 0.25) is 0 Å². The molecule has 0 unspecified atom stereocenters. The average molecular weight is 248 g/mol. The summed E-state index contributed by atoms with van der Waals surface area (Å²) in [5, 5.41) is 2.76. The SMILES string of the molecule is CNC(=O)[C@H]1CN(C2CCCC2)Cc2cncn21. The topological polar surface area (TPSA) is 50.2 Å². The second-order valence-electron chi connectivity index (χ2n) is 5.29. The zero-order valence-corrected chi connectivity index (χ0v) is 10.8. The molecule has 1 saturated carbocycles. The number of imidazole rings is 1. The van der Waals surface area contributed by atoms with Crippen molar-refractivity contribution in [1.29, 1.82) is 0 Å². The molecular weight excluding hydrogens is 228 g/mol. The van der Waals surface area contributed by atoms with Gasteiger partial charge in [0.05, 0.1) is 12.0 Å². The Bertz CT molecular complexity index is 436. The summed E-state index contributed by atoms with van der Waals surface area (Å²) >= 11 is 0. The van der Waals surface area contributed by atoms with E-state index in [2.05, 4.69) is 15.2 Å². The molecule has 5 heteroatoms. The Morgan fingerprint density at radius 2 is 2.22 bits per heavy atom. The quantitative estimate of drug-likeness (QED) is 0.847. The first-order valence-corrected chi connectivity index (χ1v) is 6.76. The van der Waals surface area contributed by atoms with Gasteiger partial charge in [0.25, 0.3) is 0 Å². The van der Waals surface area contributed by atoms with Gasteiger partial charge < -0.3 is 9.88 Å². The van der Waals surface area contributed by atoms with Crippen molar-refractivity contribution in [3.63, 3.8) is 0 Å². The zero-order valence-electron chi connectivity index (χ0n) is 10.8. The molecule has 1 aliphatic heterocycles. The highest BCUT2D eigenvalue weighted by atomic mass is 16.2. The third-order valence-electron chi connectivity index (χ3n) is 4.24. The minimum absolute atomic E-state index is 0.0805. The first-order valence-electron chi connectivity index (χ1n) is 6.76. The van der Waals surface area contributed by atoms with Crippen molar-refractivity contribution in [2.45, 2.75) is 44.3 Å². The molecule has 1 N–H and O–H groups in total. The fraction of sp³-hybridized carbons (Fsp3) is 0.692. The minimum atomic E-state index is -0.123. The van der Waals surface area contributed by atoms with E-state index in [1.807, 2.05) is 10.8 Å². The summed E-state index contributed by atoms with van der Waals surface area (Å²) in [6.07, 6.45) is 8.86. The largest absolute Gasteiger partial charge is 0.357 e. The van der Waals surface area contributed by atoms with E-state index in [-0.39, 0.29) is 11.9 Å². The van der Waals surface area contributed by atoms with E-state index in [1.165, 1.54) is 25.7 Å². The molecule has 1 atom stereocenters. The highest BCUT2D eigenvalue weighted by Gasteiger charge is 2.33. The van der Waals surface area contributed by atoms with Gasteiger partial charge in [0.1, 0.15) is 6.04 Å². The predicted molar refractivity (Wildman–Crippen MR) is 68.0 cm³/mol. The summed E-state index contributed by atoms with van der Waals surface area (Å²) in [6.45, 7) is 1.74. The van der Waals surface area contributed by atoms with E-state index in [0.29, 0.717) is 6.04 Å². The standard InChI is InChI=1S/C13H20N4O/c1-14-13(18)12-8-16(10-4-2-3-5-10)7-11-6-15-9-17(11)12/h6,9-10,12H,2-5,7-8H2,1H3,(H,14,18)/t12-/m1/s1. The highest BCUT2D eigenvalue weighted by Crippen LogP contribution is 2.29. The van der Waals surface area contributed by atoms with E-state index < -0.39 is 0 Å². The van der Waals surface area contributed by atoms with Gasteiger partial charge in [-0.3, -0.25) is 9.69 Å². The number of nitrogens with one attached hydrogen (secondary N) is 1. The van der Waals surface area contributed by atoms with Crippen LogP contribution < -0.4 is 5.32 Å². The molecule has 1 amide bonds. The maximum absolute atomic E-state index is 12.0. The number of hydrogen-bond donors (Lipinski definition) is 1. The average Bonchev–Trinajstić information content (AvgIpc) is 3.06. The Morgan fingerprint density at radius 3 is 2.94 bits per heavy atom. The number of aromatic nitrogens is 2. The lowest BCUT2D eigenvalue weighted by molar-refractivity contribution is -0.125. The minimum Gasteiger partial charge on any atom is -0.357 e. The van der Waals surface area contributed by atoms with E-state index in [0.717, 1.165) is 18.8 Å². The van der Waals surface area contributed by atoms with Crippen LogP contribution in [0.5, 0.6) is 0 Å². The molecule has 0 aromatic carbocycles. The Kier molecular flexibility index (Phi) is 3.07. The lowest BCUT2D eigenvalue weighted by Gasteiger charge is -2.37. The van der Waals surface area contributed by atoms with Crippen molar-refractivity contribution in [3.05, 3.63) is 18.2 Å². The summed E-state index contributed by atoms with van der Waals surface area (Å²) in [4.78, 5) is 18.7. The van der Waals surface area contributed by atoms with Crippen LogP contribution in [-0.4, -0.2) is 40.0 Å². The van der Waals surface area contributed by atoms with E-state index in [1.54, 1.807) is 13.4 Å². The van der Waals surface area contributed by atoms with Crippen LogP contribution in [0.15, 0.2) is 12.5 Å². The lowest BCUT2D eigenvalue weighted by atomic mass is 10.1. The van der Waals surface area contributed by atoms with E-state index in [4.69, 9.17) is 0 Å². The van der Waals surface area contributed by atoms with Gasteiger partial charge in [-0.15, -0.1) is 0 Å². The van der Waals surface area contributed by atoms with Gasteiger partial charge in [0.15, 0.2) is 0 Å². The second-order valence-corrected chi connectivity index (χ2v) is 5.29. The van der Waals surface area contributed by atoms with Crippen LogP contribution in [0.25, 0.3) is 0 Å². The van der Waals surface area contributed by atoms with Gasteiger partial charge in [0.2, 0.25) is 5.91 Å². The number of nitrogens with zero attached hydrogens (tertiary/aromatic N) is 3. The highest BCUT2D eigenvalue weighted by molar-refractivity contribution is 5.80. The molecule has 2 aliphatic rings. The van der Waals surface area contributed by atoms with Crippen molar-refractivity contribution in [1.82, 2.24) is 19.8 Å². The first kappa shape index (κ1) is 11.7. The fourth-order valence-corrected chi connectivity index (χ4v) is 3.24. The molecule has 18 heavy (non-hydrogen) atoms. The molecule has 1 fully saturated rings. The van der Waals surface area contributed by atoms with Crippen molar-refractivity contribution in [3.8, 4) is 0 Å². The Labute approximate surface area is 107 Å². The van der Waals surface area contributed by atoms with Gasteiger partial charge in [-0.05, 0) is 12.8 Å². The molecule has 5 nitrogen and oxygen atoms in total. The van der Waals surface area contributed by atoms with Crippen LogP contribution in [0.3, 0.4) is 0 Å². The number of amides is 1. The fourth-order valence-electron chi connectivity index (χ4n) is 3.24. The molecule has 0 bridgehead atoms. The van der Waals surface area contributed by atoms with Crippen molar-refractivity contribution < 1.29 is 4.79 Å². The summed E-state index contributed by atoms with van der Waals surface area (Å²) in [6, 6.07) is 0.530. The predicted octanol–water partition coefficient (Wildman–Crippen LogP) is 0.928. The van der Waals surface area contributed by atoms with Crippen molar-refractivity contribution >= 4 is 5.91 Å². The third-order valence-corrected chi connectivity index (χ3v) is 4.24. The van der Waals surface area contributed by atoms with E-state index in [9.17, 15) is 4.79 Å². The molecule has 1 aromatic heterocycles. The number of hydrogen-bond acceptors (Lipinski definition) is 3. The number of likely N-dealkylation sites (N-methyl/N-ethyl adjacent to an activating group) is 1. The summed E-state index contributed by atoms with van der Waals surface area (Å²) in [7, 11) is 1.70. The van der Waals surface area contributed by atoms with E-state index >= 15 is 0 Å². The van der Waals surface area contributed by atoms with Gasteiger partial charge in [-0.25, -0.2) is 4.98 Å². The lowest BCUT2D eigenvalue weighted by Crippen LogP contribution is -2.46. The molecule has 1 aromatic rings. The molecular formula is C13H20N4O. The third kappa shape index (κ3) is 1.92. The zero-order chi connectivity index (χ0) is 12.5. The molecule has 0 saturated heterocycles. The smallest absolute Gasteiger partial charge is 0.244 e. The Balaban J connectivity index is 1.84. The monoisotopic (exact) mass is 248 g/mol.